The highest BCUT2D eigenvalue weighted by Crippen LogP contribution is 2.20. The van der Waals surface area contributed by atoms with Crippen molar-refractivity contribution in [1.82, 2.24) is 9.62 Å². The van der Waals surface area contributed by atoms with Gasteiger partial charge in [-0.2, -0.15) is 4.72 Å². The number of hydrogen-bond acceptors (Lipinski definition) is 5. The summed E-state index contributed by atoms with van der Waals surface area (Å²) in [7, 11) is -3.84. The molecule has 1 heterocycles. The Morgan fingerprint density at radius 1 is 1.14 bits per heavy atom. The minimum Gasteiger partial charge on any atom is -0.341 e. The molecule has 4 N–H and O–H groups in total. The van der Waals surface area contributed by atoms with Crippen molar-refractivity contribution < 1.29 is 18.0 Å². The number of anilines is 1. The van der Waals surface area contributed by atoms with Gasteiger partial charge in [0.05, 0.1) is 10.9 Å². The summed E-state index contributed by atoms with van der Waals surface area (Å²) in [5, 5.41) is 2.57. The first-order valence-corrected chi connectivity index (χ1v) is 10.5. The summed E-state index contributed by atoms with van der Waals surface area (Å²) in [6.07, 6.45) is 1.65. The van der Waals surface area contributed by atoms with E-state index in [4.69, 9.17) is 5.73 Å². The molecule has 2 rings (SSSR count). The largest absolute Gasteiger partial charge is 0.341 e. The van der Waals surface area contributed by atoms with Crippen molar-refractivity contribution in [1.29, 1.82) is 0 Å². The van der Waals surface area contributed by atoms with Crippen LogP contribution in [0.5, 0.6) is 0 Å². The van der Waals surface area contributed by atoms with Crippen LogP contribution in [0.4, 0.5) is 5.69 Å². The molecule has 0 aromatic heterocycles. The van der Waals surface area contributed by atoms with Gasteiger partial charge in [0.15, 0.2) is 0 Å². The van der Waals surface area contributed by atoms with Crippen LogP contribution in [0.25, 0.3) is 0 Å². The van der Waals surface area contributed by atoms with E-state index in [2.05, 4.69) is 10.0 Å². The molecule has 10 heteroatoms. The van der Waals surface area contributed by atoms with Gasteiger partial charge >= 0.3 is 0 Å². The quantitative estimate of drug-likeness (QED) is 0.625. The van der Waals surface area contributed by atoms with Crippen molar-refractivity contribution in [3.05, 3.63) is 24.3 Å². The number of carbonyl (C=O) groups excluding carboxylic acids is 2. The normalized spacial score (nSPS) is 17.4. The maximum absolute atomic E-state index is 12.6. The summed E-state index contributed by atoms with van der Waals surface area (Å²) in [5.41, 5.74) is 6.42. The molecule has 0 aliphatic carbocycles. The van der Waals surface area contributed by atoms with E-state index in [-0.39, 0.29) is 35.2 Å². The molecule has 2 atom stereocenters. The van der Waals surface area contributed by atoms with Crippen LogP contribution in [0, 0.1) is 5.92 Å². The first-order chi connectivity index (χ1) is 12.6. The number of sulfonamides is 1. The van der Waals surface area contributed by atoms with Gasteiger partial charge in [-0.3, -0.25) is 9.59 Å². The number of rotatable bonds is 6. The van der Waals surface area contributed by atoms with Crippen molar-refractivity contribution in [2.75, 3.05) is 18.4 Å². The number of hydrogen-bond donors (Lipinski definition) is 3. The van der Waals surface area contributed by atoms with Gasteiger partial charge in [-0.05, 0) is 56.9 Å². The predicted octanol–water partition coefficient (Wildman–Crippen LogP) is 1.32. The third kappa shape index (κ3) is 6.44. The maximum Gasteiger partial charge on any atom is 0.241 e. The van der Waals surface area contributed by atoms with E-state index >= 15 is 0 Å². The van der Waals surface area contributed by atoms with Gasteiger partial charge < -0.3 is 16.0 Å². The van der Waals surface area contributed by atoms with Crippen LogP contribution in [-0.4, -0.2) is 50.3 Å². The molecule has 2 amide bonds. The van der Waals surface area contributed by atoms with Crippen molar-refractivity contribution in [2.45, 2.75) is 50.6 Å². The lowest BCUT2D eigenvalue weighted by atomic mass is 9.91. The highest BCUT2D eigenvalue weighted by atomic mass is 35.5. The molecule has 1 saturated heterocycles. The summed E-state index contributed by atoms with van der Waals surface area (Å²) in [5.74, 6) is -0.0875. The fourth-order valence-electron chi connectivity index (χ4n) is 3.19. The van der Waals surface area contributed by atoms with Gasteiger partial charge in [0, 0.05) is 31.7 Å². The monoisotopic (exact) mass is 432 g/mol. The van der Waals surface area contributed by atoms with Crippen LogP contribution < -0.4 is 15.8 Å². The van der Waals surface area contributed by atoms with E-state index in [1.807, 2.05) is 6.92 Å². The topological polar surface area (TPSA) is 122 Å². The number of nitrogens with two attached hydrogens (primary N) is 1. The number of nitrogens with zero attached hydrogens (tertiary/aromatic N) is 1. The van der Waals surface area contributed by atoms with Gasteiger partial charge in [-0.15, -0.1) is 12.4 Å². The third-order valence-corrected chi connectivity index (χ3v) is 6.34. The van der Waals surface area contributed by atoms with E-state index in [0.29, 0.717) is 24.7 Å². The molecular weight excluding hydrogens is 404 g/mol. The predicted molar refractivity (Wildman–Crippen MR) is 111 cm³/mol. The van der Waals surface area contributed by atoms with E-state index < -0.39 is 16.1 Å². The number of halogens is 1. The number of benzene rings is 1. The maximum atomic E-state index is 12.6. The highest BCUT2D eigenvalue weighted by molar-refractivity contribution is 7.89. The molecule has 28 heavy (non-hydrogen) atoms. The fourth-order valence-corrected chi connectivity index (χ4v) is 4.39. The Bertz CT molecular complexity index is 775. The van der Waals surface area contributed by atoms with Crippen LogP contribution in [-0.2, 0) is 19.6 Å². The summed E-state index contributed by atoms with van der Waals surface area (Å²) >= 11 is 0. The molecule has 8 nitrogen and oxygen atoms in total. The summed E-state index contributed by atoms with van der Waals surface area (Å²) in [4.78, 5) is 25.3. The van der Waals surface area contributed by atoms with Crippen LogP contribution in [0.1, 0.15) is 33.6 Å². The Hall–Kier alpha value is -1.68. The number of piperidine rings is 1. The Morgan fingerprint density at radius 2 is 1.68 bits per heavy atom. The molecule has 1 aliphatic heterocycles. The van der Waals surface area contributed by atoms with Gasteiger partial charge in [0.2, 0.25) is 21.8 Å². The Morgan fingerprint density at radius 3 is 2.14 bits per heavy atom. The molecule has 2 unspecified atom stereocenters. The van der Waals surface area contributed by atoms with Gasteiger partial charge in [-0.1, -0.05) is 0 Å². The molecular formula is C18H29ClN4O4S. The summed E-state index contributed by atoms with van der Waals surface area (Å²) in [6.45, 7) is 6.06. The lowest BCUT2D eigenvalue weighted by Crippen LogP contribution is -2.50. The molecule has 1 aliphatic rings. The zero-order valence-electron chi connectivity index (χ0n) is 16.3. The second-order valence-corrected chi connectivity index (χ2v) is 8.78. The Labute approximate surface area is 172 Å². The highest BCUT2D eigenvalue weighted by Gasteiger charge is 2.29. The zero-order valence-corrected chi connectivity index (χ0v) is 18.0. The molecule has 0 bridgehead atoms. The molecule has 0 radical (unpaired) electrons. The molecule has 1 aromatic carbocycles. The molecule has 1 aromatic rings. The second-order valence-electron chi connectivity index (χ2n) is 7.07. The van der Waals surface area contributed by atoms with Crippen LogP contribution in [0.15, 0.2) is 29.2 Å². The number of likely N-dealkylation sites (tertiary alicyclic amines) is 1. The second kappa shape index (κ2) is 10.2. The van der Waals surface area contributed by atoms with Crippen LogP contribution >= 0.6 is 12.4 Å². The lowest BCUT2D eigenvalue weighted by molar-refractivity contribution is -0.134. The standard InChI is InChI=1S/C18H28N4O4S.ClH/c1-12(19)15-8-10-22(11-9-15)18(24)13(2)21-27(25,26)17-6-4-16(5-7-17)20-14(3)23;/h4-7,12-13,15,21H,8-11,19H2,1-3H3,(H,20,23);1H. The smallest absolute Gasteiger partial charge is 0.241 e. The fraction of sp³-hybridized carbons (Fsp3) is 0.556. The SMILES string of the molecule is CC(=O)Nc1ccc(S(=O)(=O)NC(C)C(=O)N2CCC(C(C)N)CC2)cc1.Cl. The minimum atomic E-state index is -3.84. The molecule has 1 fully saturated rings. The molecule has 0 saturated carbocycles. The van der Waals surface area contributed by atoms with Gasteiger partial charge in [0.25, 0.3) is 0 Å². The van der Waals surface area contributed by atoms with Crippen LogP contribution in [0.3, 0.4) is 0 Å². The number of amides is 2. The van der Waals surface area contributed by atoms with E-state index in [9.17, 15) is 18.0 Å². The van der Waals surface area contributed by atoms with E-state index in [1.54, 1.807) is 11.8 Å². The average Bonchev–Trinajstić information content (AvgIpc) is 2.60. The van der Waals surface area contributed by atoms with Crippen molar-refractivity contribution >= 4 is 39.9 Å². The molecule has 0 spiro atoms. The van der Waals surface area contributed by atoms with E-state index in [0.717, 1.165) is 12.8 Å². The lowest BCUT2D eigenvalue weighted by Gasteiger charge is -2.35. The van der Waals surface area contributed by atoms with Crippen molar-refractivity contribution in [3.8, 4) is 0 Å². The molecule has 158 valence electrons. The van der Waals surface area contributed by atoms with Crippen molar-refractivity contribution in [2.24, 2.45) is 11.7 Å². The van der Waals surface area contributed by atoms with Gasteiger partial charge in [0.1, 0.15) is 0 Å². The third-order valence-electron chi connectivity index (χ3n) is 4.78. The van der Waals surface area contributed by atoms with Crippen molar-refractivity contribution in [3.63, 3.8) is 0 Å². The minimum absolute atomic E-state index is 0. The van der Waals surface area contributed by atoms with Crippen LogP contribution in [0.2, 0.25) is 0 Å². The van der Waals surface area contributed by atoms with E-state index in [1.165, 1.54) is 31.2 Å². The number of carbonyl (C=O) groups is 2. The Balaban J connectivity index is 0.00000392. The zero-order chi connectivity index (χ0) is 20.2. The first kappa shape index (κ1) is 24.4. The number of nitrogens with one attached hydrogen (secondary N) is 2. The summed E-state index contributed by atoms with van der Waals surface area (Å²) in [6, 6.07) is 5.01. The summed E-state index contributed by atoms with van der Waals surface area (Å²) < 4.78 is 27.5. The van der Waals surface area contributed by atoms with Gasteiger partial charge in [-0.25, -0.2) is 8.42 Å². The average molecular weight is 433 g/mol. The Kier molecular flexibility index (Phi) is 8.87. The first-order valence-electron chi connectivity index (χ1n) is 9.04.